The molecule has 1 atom stereocenters. The highest BCUT2D eigenvalue weighted by molar-refractivity contribution is 6.32. The molecule has 0 saturated carbocycles. The van der Waals surface area contributed by atoms with Gasteiger partial charge in [-0.1, -0.05) is 71.7 Å². The summed E-state index contributed by atoms with van der Waals surface area (Å²) >= 11 is 12.7. The molecule has 5 aromatic rings. The number of hydrogen-bond donors (Lipinski definition) is 4. The summed E-state index contributed by atoms with van der Waals surface area (Å²) in [6, 6.07) is 17.7. The van der Waals surface area contributed by atoms with E-state index in [1.54, 1.807) is 19.1 Å². The summed E-state index contributed by atoms with van der Waals surface area (Å²) in [6.07, 6.45) is 0.453. The van der Waals surface area contributed by atoms with Crippen molar-refractivity contribution in [2.75, 3.05) is 0 Å². The van der Waals surface area contributed by atoms with Gasteiger partial charge in [-0.15, -0.1) is 0 Å². The van der Waals surface area contributed by atoms with E-state index < -0.39 is 17.9 Å². The van der Waals surface area contributed by atoms with Crippen LogP contribution in [0.3, 0.4) is 0 Å². The van der Waals surface area contributed by atoms with Gasteiger partial charge in [0.25, 0.3) is 0 Å². The number of hydrogen-bond acceptors (Lipinski definition) is 3. The molecule has 0 bridgehead atoms. The number of amides is 2. The van der Waals surface area contributed by atoms with Gasteiger partial charge in [0.2, 0.25) is 0 Å². The molecular formula is C28H25Cl2FN6O. The quantitative estimate of drug-likeness (QED) is 0.179. The molecule has 0 aliphatic rings. The highest BCUT2D eigenvalue weighted by Crippen LogP contribution is 2.31. The second-order valence-electron chi connectivity index (χ2n) is 9.09. The molecular weight excluding hydrogens is 526 g/mol. The molecule has 2 amide bonds. The first kappa shape index (κ1) is 25.8. The maximum absolute atomic E-state index is 14.5. The van der Waals surface area contributed by atoms with Crippen LogP contribution in [0, 0.1) is 19.7 Å². The predicted molar refractivity (Wildman–Crippen MR) is 148 cm³/mol. The first-order valence-corrected chi connectivity index (χ1v) is 12.8. The van der Waals surface area contributed by atoms with Crippen LogP contribution in [0.25, 0.3) is 22.2 Å². The number of aromatic amines is 2. The van der Waals surface area contributed by atoms with Gasteiger partial charge in [-0.2, -0.15) is 5.10 Å². The number of H-pyrrole nitrogens is 2. The van der Waals surface area contributed by atoms with Gasteiger partial charge in [0, 0.05) is 33.8 Å². The highest BCUT2D eigenvalue weighted by Gasteiger charge is 2.22. The Morgan fingerprint density at radius 1 is 1.08 bits per heavy atom. The van der Waals surface area contributed by atoms with Crippen molar-refractivity contribution in [1.82, 2.24) is 30.8 Å². The first-order valence-electron chi connectivity index (χ1n) is 12.0. The zero-order chi connectivity index (χ0) is 26.8. The Hall–Kier alpha value is -3.88. The van der Waals surface area contributed by atoms with Gasteiger partial charge in [-0.3, -0.25) is 5.10 Å². The van der Waals surface area contributed by atoms with Crippen LogP contribution in [-0.2, 0) is 13.0 Å². The number of halogens is 3. The lowest BCUT2D eigenvalue weighted by Crippen LogP contribution is -2.39. The molecule has 3 aromatic carbocycles. The molecule has 5 rings (SSSR count). The molecule has 10 heteroatoms. The van der Waals surface area contributed by atoms with E-state index in [0.29, 0.717) is 28.7 Å². The van der Waals surface area contributed by atoms with Crippen LogP contribution in [0.15, 0.2) is 60.7 Å². The Labute approximate surface area is 228 Å². The van der Waals surface area contributed by atoms with Gasteiger partial charge in [0.05, 0.1) is 11.6 Å². The van der Waals surface area contributed by atoms with Crippen LogP contribution in [0.1, 0.15) is 34.3 Å². The van der Waals surface area contributed by atoms with E-state index in [-0.39, 0.29) is 17.1 Å². The summed E-state index contributed by atoms with van der Waals surface area (Å²) in [4.78, 5) is 20.8. The molecule has 2 heterocycles. The Morgan fingerprint density at radius 2 is 1.87 bits per heavy atom. The number of nitrogens with zero attached hydrogens (tertiary/aromatic N) is 2. The van der Waals surface area contributed by atoms with Crippen molar-refractivity contribution in [2.24, 2.45) is 0 Å². The second kappa shape index (κ2) is 10.8. The topological polar surface area (TPSA) is 98.5 Å². The molecule has 0 aliphatic carbocycles. The SMILES string of the molecule is Cc1ccc(Cl)c(CNC(=O)N[C@@H](Cc2ccccc2)c2nc(-c3ccc4c(C)[nH]nc4c3)c(Cl)[nH]2)c1F. The van der Waals surface area contributed by atoms with E-state index in [1.807, 2.05) is 55.5 Å². The number of carbonyl (C=O) groups is 1. The zero-order valence-corrected chi connectivity index (χ0v) is 22.2. The second-order valence-corrected chi connectivity index (χ2v) is 9.88. The number of carbonyl (C=O) groups excluding carboxylic acids is 1. The van der Waals surface area contributed by atoms with E-state index in [4.69, 9.17) is 28.2 Å². The van der Waals surface area contributed by atoms with Crippen molar-refractivity contribution in [3.8, 4) is 11.3 Å². The molecule has 0 fully saturated rings. The van der Waals surface area contributed by atoms with E-state index >= 15 is 0 Å². The highest BCUT2D eigenvalue weighted by atomic mass is 35.5. The van der Waals surface area contributed by atoms with Crippen molar-refractivity contribution in [1.29, 1.82) is 0 Å². The Bertz CT molecular complexity index is 1610. The maximum atomic E-state index is 14.5. The van der Waals surface area contributed by atoms with Crippen molar-refractivity contribution in [3.05, 3.63) is 105 Å². The summed E-state index contributed by atoms with van der Waals surface area (Å²) in [7, 11) is 0. The summed E-state index contributed by atoms with van der Waals surface area (Å²) in [5, 5.41) is 14.6. The third-order valence-corrected chi connectivity index (χ3v) is 7.05. The third-order valence-electron chi connectivity index (χ3n) is 6.42. The summed E-state index contributed by atoms with van der Waals surface area (Å²) in [5.74, 6) is 0.0484. The van der Waals surface area contributed by atoms with E-state index in [9.17, 15) is 9.18 Å². The number of aromatic nitrogens is 4. The van der Waals surface area contributed by atoms with Crippen molar-refractivity contribution < 1.29 is 9.18 Å². The third kappa shape index (κ3) is 5.37. The molecule has 0 saturated heterocycles. The first-order chi connectivity index (χ1) is 18.3. The largest absolute Gasteiger partial charge is 0.334 e. The molecule has 0 aliphatic heterocycles. The van der Waals surface area contributed by atoms with Crippen LogP contribution >= 0.6 is 23.2 Å². The van der Waals surface area contributed by atoms with Crippen molar-refractivity contribution in [3.63, 3.8) is 0 Å². The van der Waals surface area contributed by atoms with Gasteiger partial charge in [0.1, 0.15) is 22.5 Å². The minimum atomic E-state index is -0.544. The summed E-state index contributed by atoms with van der Waals surface area (Å²) in [5.41, 5.74) is 4.81. The zero-order valence-electron chi connectivity index (χ0n) is 20.7. The molecule has 194 valence electrons. The Kier molecular flexibility index (Phi) is 7.35. The molecule has 0 spiro atoms. The number of aryl methyl sites for hydroxylation is 2. The number of rotatable bonds is 7. The normalized spacial score (nSPS) is 12.0. The lowest BCUT2D eigenvalue weighted by atomic mass is 10.1. The monoisotopic (exact) mass is 550 g/mol. The predicted octanol–water partition coefficient (Wildman–Crippen LogP) is 6.80. The number of urea groups is 1. The Balaban J connectivity index is 1.40. The number of fused-ring (bicyclic) bond motifs is 1. The van der Waals surface area contributed by atoms with Gasteiger partial charge in [0.15, 0.2) is 0 Å². The molecule has 0 unspecified atom stereocenters. The van der Waals surface area contributed by atoms with Crippen LogP contribution in [-0.4, -0.2) is 26.2 Å². The maximum Gasteiger partial charge on any atom is 0.315 e. The minimum absolute atomic E-state index is 0.0660. The summed E-state index contributed by atoms with van der Waals surface area (Å²) < 4.78 is 14.5. The average molecular weight is 551 g/mol. The molecule has 4 N–H and O–H groups in total. The molecule has 2 aromatic heterocycles. The van der Waals surface area contributed by atoms with Gasteiger partial charge >= 0.3 is 6.03 Å². The fourth-order valence-corrected chi connectivity index (χ4v) is 4.80. The molecule has 0 radical (unpaired) electrons. The standard InChI is InChI=1S/C28H25Cl2FN6O/c1-15-8-11-21(29)20(24(15)31)14-32-28(38)33-23(12-17-6-4-3-5-7-17)27-34-25(26(30)35-27)18-9-10-19-16(2)36-37-22(19)13-18/h3-11,13,23H,12,14H2,1-2H3,(H,34,35)(H,36,37)(H2,32,33,38)/t23-/m0/s1. The van der Waals surface area contributed by atoms with Crippen LogP contribution < -0.4 is 10.6 Å². The van der Waals surface area contributed by atoms with Crippen LogP contribution in [0.2, 0.25) is 10.2 Å². The van der Waals surface area contributed by atoms with Gasteiger partial charge in [-0.05, 0) is 43.5 Å². The van der Waals surface area contributed by atoms with Crippen molar-refractivity contribution >= 4 is 40.1 Å². The van der Waals surface area contributed by atoms with Crippen molar-refractivity contribution in [2.45, 2.75) is 32.9 Å². The van der Waals surface area contributed by atoms with Gasteiger partial charge < -0.3 is 15.6 Å². The Morgan fingerprint density at radius 3 is 2.66 bits per heavy atom. The smallest absolute Gasteiger partial charge is 0.315 e. The van der Waals surface area contributed by atoms with E-state index in [1.165, 1.54) is 0 Å². The lowest BCUT2D eigenvalue weighted by molar-refractivity contribution is 0.236. The number of nitrogens with one attached hydrogen (secondary N) is 4. The average Bonchev–Trinajstić information content (AvgIpc) is 3.48. The lowest BCUT2D eigenvalue weighted by Gasteiger charge is -2.18. The fraction of sp³-hybridized carbons (Fsp3) is 0.179. The van der Waals surface area contributed by atoms with Gasteiger partial charge in [-0.25, -0.2) is 14.2 Å². The number of benzene rings is 3. The minimum Gasteiger partial charge on any atom is -0.334 e. The van der Waals surface area contributed by atoms with E-state index in [2.05, 4.69) is 25.8 Å². The van der Waals surface area contributed by atoms with Crippen LogP contribution in [0.4, 0.5) is 9.18 Å². The van der Waals surface area contributed by atoms with Crippen LogP contribution in [0.5, 0.6) is 0 Å². The molecule has 7 nitrogen and oxygen atoms in total. The molecule has 38 heavy (non-hydrogen) atoms. The van der Waals surface area contributed by atoms with E-state index in [0.717, 1.165) is 27.7 Å². The summed E-state index contributed by atoms with van der Waals surface area (Å²) in [6.45, 7) is 3.54. The number of imidazole rings is 1. The fourth-order valence-electron chi connectivity index (χ4n) is 4.34.